The number of hydrogen-bond acceptors (Lipinski definition) is 4. The Morgan fingerprint density at radius 3 is 2.45 bits per heavy atom. The number of morpholine rings is 1. The van der Waals surface area contributed by atoms with Gasteiger partial charge in [-0.2, -0.15) is 0 Å². The number of β-amino-alcohol motifs (C(OH)–C–C–N with tert-alkyl or cyclic N) is 1. The van der Waals surface area contributed by atoms with Gasteiger partial charge in [-0.05, 0) is 18.4 Å². The number of nitrogens with one attached hydrogen (secondary N) is 1. The standard InChI is InChI=1S/C15H28N2O3/c1-14(2,3)6-5-13(18)16-11-15(4,19)12-17-7-9-20-10-8-17/h5-6,19H,7-12H2,1-4H3,(H,16,18). The maximum Gasteiger partial charge on any atom is 0.243 e. The zero-order chi connectivity index (χ0) is 15.2. The summed E-state index contributed by atoms with van der Waals surface area (Å²) < 4.78 is 5.27. The van der Waals surface area contributed by atoms with Crippen LogP contribution in [0.2, 0.25) is 0 Å². The molecule has 1 saturated heterocycles. The molecular weight excluding hydrogens is 256 g/mol. The zero-order valence-electron chi connectivity index (χ0n) is 13.1. The molecule has 0 radical (unpaired) electrons. The van der Waals surface area contributed by atoms with Crippen LogP contribution in [0.25, 0.3) is 0 Å². The first-order chi connectivity index (χ1) is 9.18. The predicted molar refractivity (Wildman–Crippen MR) is 79.5 cm³/mol. The van der Waals surface area contributed by atoms with Gasteiger partial charge in [0, 0.05) is 26.2 Å². The minimum absolute atomic E-state index is 0.0202. The first-order valence-electron chi connectivity index (χ1n) is 7.18. The molecule has 0 saturated carbocycles. The highest BCUT2D eigenvalue weighted by Gasteiger charge is 2.25. The van der Waals surface area contributed by atoms with E-state index in [2.05, 4.69) is 10.2 Å². The lowest BCUT2D eigenvalue weighted by molar-refractivity contribution is -0.118. The van der Waals surface area contributed by atoms with E-state index in [0.29, 0.717) is 19.8 Å². The molecule has 0 bridgehead atoms. The maximum atomic E-state index is 11.7. The fraction of sp³-hybridized carbons (Fsp3) is 0.800. The summed E-state index contributed by atoms with van der Waals surface area (Å²) in [7, 11) is 0. The van der Waals surface area contributed by atoms with Crippen LogP contribution in [0.3, 0.4) is 0 Å². The van der Waals surface area contributed by atoms with Crippen molar-refractivity contribution in [1.82, 2.24) is 10.2 Å². The van der Waals surface area contributed by atoms with Gasteiger partial charge in [-0.25, -0.2) is 0 Å². The topological polar surface area (TPSA) is 61.8 Å². The summed E-state index contributed by atoms with van der Waals surface area (Å²) in [5.41, 5.74) is -0.948. The average Bonchev–Trinajstić information content (AvgIpc) is 2.34. The quantitative estimate of drug-likeness (QED) is 0.733. The number of amides is 1. The Labute approximate surface area is 122 Å². The fourth-order valence-electron chi connectivity index (χ4n) is 1.96. The molecule has 0 aliphatic carbocycles. The van der Waals surface area contributed by atoms with Gasteiger partial charge in [0.05, 0.1) is 18.8 Å². The molecule has 2 N–H and O–H groups in total. The van der Waals surface area contributed by atoms with E-state index in [9.17, 15) is 9.90 Å². The van der Waals surface area contributed by atoms with E-state index in [1.807, 2.05) is 26.8 Å². The van der Waals surface area contributed by atoms with Gasteiger partial charge in [0.1, 0.15) is 0 Å². The number of ether oxygens (including phenoxy) is 1. The minimum atomic E-state index is -0.928. The van der Waals surface area contributed by atoms with E-state index in [0.717, 1.165) is 13.1 Å². The summed E-state index contributed by atoms with van der Waals surface area (Å²) in [4.78, 5) is 13.8. The summed E-state index contributed by atoms with van der Waals surface area (Å²) in [6, 6.07) is 0. The monoisotopic (exact) mass is 284 g/mol. The molecule has 1 amide bonds. The maximum absolute atomic E-state index is 11.7. The number of carbonyl (C=O) groups is 1. The van der Waals surface area contributed by atoms with Gasteiger partial charge in [0.15, 0.2) is 0 Å². The smallest absolute Gasteiger partial charge is 0.243 e. The van der Waals surface area contributed by atoms with E-state index < -0.39 is 5.60 Å². The Balaban J connectivity index is 2.34. The molecule has 1 aliphatic heterocycles. The van der Waals surface area contributed by atoms with Crippen LogP contribution in [0.4, 0.5) is 0 Å². The van der Waals surface area contributed by atoms with Crippen molar-refractivity contribution in [2.75, 3.05) is 39.4 Å². The Kier molecular flexibility index (Phi) is 6.17. The van der Waals surface area contributed by atoms with E-state index in [1.54, 1.807) is 6.92 Å². The molecule has 1 heterocycles. The van der Waals surface area contributed by atoms with Crippen molar-refractivity contribution in [2.24, 2.45) is 5.41 Å². The molecule has 1 atom stereocenters. The lowest BCUT2D eigenvalue weighted by Crippen LogP contribution is -2.51. The molecule has 1 aliphatic rings. The predicted octanol–water partition coefficient (Wildman–Crippen LogP) is 0.788. The first kappa shape index (κ1) is 17.1. The Bertz CT molecular complexity index is 340. The first-order valence-corrected chi connectivity index (χ1v) is 7.18. The van der Waals surface area contributed by atoms with Crippen LogP contribution in [0, 0.1) is 5.41 Å². The van der Waals surface area contributed by atoms with Gasteiger partial charge >= 0.3 is 0 Å². The van der Waals surface area contributed by atoms with Crippen LogP contribution < -0.4 is 5.32 Å². The number of rotatable bonds is 5. The summed E-state index contributed by atoms with van der Waals surface area (Å²) in [6.45, 7) is 11.7. The normalized spacial score (nSPS) is 20.9. The van der Waals surface area contributed by atoms with Crippen molar-refractivity contribution in [3.8, 4) is 0 Å². The molecule has 0 aromatic carbocycles. The second-order valence-electron chi connectivity index (χ2n) is 6.80. The molecule has 0 aromatic rings. The molecule has 5 heteroatoms. The lowest BCUT2D eigenvalue weighted by atomic mass is 9.96. The molecule has 116 valence electrons. The Hall–Kier alpha value is -0.910. The molecule has 1 fully saturated rings. The number of allylic oxidation sites excluding steroid dienone is 1. The van der Waals surface area contributed by atoms with Gasteiger partial charge in [-0.1, -0.05) is 26.8 Å². The molecule has 0 aromatic heterocycles. The second kappa shape index (κ2) is 7.20. The third-order valence-corrected chi connectivity index (χ3v) is 3.05. The summed E-state index contributed by atoms with van der Waals surface area (Å²) in [5, 5.41) is 13.1. The number of hydrogen-bond donors (Lipinski definition) is 2. The Morgan fingerprint density at radius 1 is 1.30 bits per heavy atom. The summed E-state index contributed by atoms with van der Waals surface area (Å²) in [5.74, 6) is -0.165. The van der Waals surface area contributed by atoms with Gasteiger partial charge in [-0.15, -0.1) is 0 Å². The molecule has 1 rings (SSSR count). The number of nitrogens with zero attached hydrogens (tertiary/aromatic N) is 1. The highest BCUT2D eigenvalue weighted by atomic mass is 16.5. The van der Waals surface area contributed by atoms with Crippen molar-refractivity contribution in [3.63, 3.8) is 0 Å². The van der Waals surface area contributed by atoms with Crippen molar-refractivity contribution in [2.45, 2.75) is 33.3 Å². The lowest BCUT2D eigenvalue weighted by Gasteiger charge is -2.33. The molecule has 0 spiro atoms. The Morgan fingerprint density at radius 2 is 1.90 bits per heavy atom. The van der Waals surface area contributed by atoms with Crippen molar-refractivity contribution in [1.29, 1.82) is 0 Å². The van der Waals surface area contributed by atoms with E-state index >= 15 is 0 Å². The third-order valence-electron chi connectivity index (χ3n) is 3.05. The third kappa shape index (κ3) is 7.62. The largest absolute Gasteiger partial charge is 0.387 e. The minimum Gasteiger partial charge on any atom is -0.387 e. The van der Waals surface area contributed by atoms with E-state index in [-0.39, 0.29) is 17.9 Å². The van der Waals surface area contributed by atoms with Crippen LogP contribution >= 0.6 is 0 Å². The zero-order valence-corrected chi connectivity index (χ0v) is 13.1. The van der Waals surface area contributed by atoms with Gasteiger partial charge < -0.3 is 15.2 Å². The SMILES string of the molecule is CC(C)(C)C=CC(=O)NCC(C)(O)CN1CCOCC1. The summed E-state index contributed by atoms with van der Waals surface area (Å²) >= 11 is 0. The highest BCUT2D eigenvalue weighted by molar-refractivity contribution is 5.87. The van der Waals surface area contributed by atoms with Crippen LogP contribution in [0.5, 0.6) is 0 Å². The van der Waals surface area contributed by atoms with Crippen LogP contribution in [-0.2, 0) is 9.53 Å². The number of aliphatic hydroxyl groups is 1. The molecule has 5 nitrogen and oxygen atoms in total. The fourth-order valence-corrected chi connectivity index (χ4v) is 1.96. The van der Waals surface area contributed by atoms with Crippen LogP contribution in [0.1, 0.15) is 27.7 Å². The van der Waals surface area contributed by atoms with E-state index in [1.165, 1.54) is 6.08 Å². The van der Waals surface area contributed by atoms with Crippen molar-refractivity contribution in [3.05, 3.63) is 12.2 Å². The summed E-state index contributed by atoms with van der Waals surface area (Å²) in [6.07, 6.45) is 3.39. The van der Waals surface area contributed by atoms with Crippen molar-refractivity contribution < 1.29 is 14.6 Å². The van der Waals surface area contributed by atoms with Gasteiger partial charge in [-0.3, -0.25) is 9.69 Å². The van der Waals surface area contributed by atoms with Crippen molar-refractivity contribution >= 4 is 5.91 Å². The molecule has 1 unspecified atom stereocenters. The number of carbonyl (C=O) groups excluding carboxylic acids is 1. The van der Waals surface area contributed by atoms with E-state index in [4.69, 9.17) is 4.74 Å². The van der Waals surface area contributed by atoms with Gasteiger partial charge in [0.25, 0.3) is 0 Å². The van der Waals surface area contributed by atoms with Gasteiger partial charge in [0.2, 0.25) is 5.91 Å². The average molecular weight is 284 g/mol. The molecule has 20 heavy (non-hydrogen) atoms. The van der Waals surface area contributed by atoms with Crippen LogP contribution in [0.15, 0.2) is 12.2 Å². The highest BCUT2D eigenvalue weighted by Crippen LogP contribution is 2.14. The molecular formula is C15H28N2O3. The second-order valence-corrected chi connectivity index (χ2v) is 6.80. The van der Waals surface area contributed by atoms with Crippen LogP contribution in [-0.4, -0.2) is 60.9 Å².